The average Bonchev–Trinajstić information content (AvgIpc) is 3.07. The van der Waals surface area contributed by atoms with Crippen molar-refractivity contribution in [3.8, 4) is 0 Å². The standard InChI is InChI=1S/C25H24ClFN6O4/c1-25(27)12-32(13-25)19(34)11-33-21-16(20-18(10-28-21)30(2)24(37)31(20)3)8-17(23(33)36)22(35)29-9-14-4-6-15(26)7-5-14/h4-8,10H,9,11-13H2,1-3H3,(H,29,35). The topological polar surface area (TPSA) is 111 Å². The molecule has 5 rings (SSSR count). The number of carbonyl (C=O) groups is 2. The normalized spacial score (nSPS) is 14.7. The van der Waals surface area contributed by atoms with Crippen molar-refractivity contribution in [1.82, 2.24) is 28.9 Å². The van der Waals surface area contributed by atoms with Crippen LogP contribution < -0.4 is 16.6 Å². The van der Waals surface area contributed by atoms with Gasteiger partial charge in [-0.25, -0.2) is 14.2 Å². The number of carbonyl (C=O) groups excluding carboxylic acids is 2. The molecule has 1 aliphatic rings. The van der Waals surface area contributed by atoms with Gasteiger partial charge in [0.15, 0.2) is 0 Å². The summed E-state index contributed by atoms with van der Waals surface area (Å²) >= 11 is 5.92. The quantitative estimate of drug-likeness (QED) is 0.426. The van der Waals surface area contributed by atoms with Gasteiger partial charge in [0.05, 0.1) is 30.3 Å². The van der Waals surface area contributed by atoms with Gasteiger partial charge in [-0.2, -0.15) is 0 Å². The number of imidazole rings is 1. The van der Waals surface area contributed by atoms with Gasteiger partial charge in [0.2, 0.25) is 5.91 Å². The number of fused-ring (bicyclic) bond motifs is 3. The fourth-order valence-corrected chi connectivity index (χ4v) is 4.79. The molecule has 12 heteroatoms. The molecule has 0 aliphatic carbocycles. The minimum atomic E-state index is -1.47. The smallest absolute Gasteiger partial charge is 0.328 e. The molecule has 1 aliphatic heterocycles. The number of amides is 2. The summed E-state index contributed by atoms with van der Waals surface area (Å²) in [6, 6.07) is 8.27. The lowest BCUT2D eigenvalue weighted by atomic mass is 9.99. The van der Waals surface area contributed by atoms with Gasteiger partial charge in [-0.15, -0.1) is 0 Å². The Morgan fingerprint density at radius 3 is 2.46 bits per heavy atom. The van der Waals surface area contributed by atoms with Gasteiger partial charge in [0.1, 0.15) is 23.4 Å². The van der Waals surface area contributed by atoms with Crippen molar-refractivity contribution in [1.29, 1.82) is 0 Å². The van der Waals surface area contributed by atoms with E-state index in [1.165, 1.54) is 33.2 Å². The van der Waals surface area contributed by atoms with Crippen LogP contribution in [-0.2, 0) is 32.0 Å². The van der Waals surface area contributed by atoms with E-state index >= 15 is 0 Å². The van der Waals surface area contributed by atoms with Crippen LogP contribution in [0.5, 0.6) is 0 Å². The van der Waals surface area contributed by atoms with Gasteiger partial charge in [-0.1, -0.05) is 23.7 Å². The summed E-state index contributed by atoms with van der Waals surface area (Å²) < 4.78 is 17.9. The highest BCUT2D eigenvalue weighted by atomic mass is 35.5. The lowest BCUT2D eigenvalue weighted by molar-refractivity contribution is -0.144. The Kier molecular flexibility index (Phi) is 5.90. The summed E-state index contributed by atoms with van der Waals surface area (Å²) in [5.41, 5.74) is -0.829. The van der Waals surface area contributed by atoms with Gasteiger partial charge in [0.25, 0.3) is 11.5 Å². The lowest BCUT2D eigenvalue weighted by Gasteiger charge is -2.42. The Morgan fingerprint density at radius 1 is 1.14 bits per heavy atom. The highest BCUT2D eigenvalue weighted by Gasteiger charge is 2.41. The monoisotopic (exact) mass is 526 g/mol. The maximum absolute atomic E-state index is 14.0. The zero-order chi connectivity index (χ0) is 26.6. The zero-order valence-electron chi connectivity index (χ0n) is 20.4. The van der Waals surface area contributed by atoms with Gasteiger partial charge >= 0.3 is 5.69 Å². The SMILES string of the molecule is Cn1c(=O)n(C)c2c3cc(C(=O)NCc4ccc(Cl)cc4)c(=O)n(CC(=O)N4CC(C)(F)C4)c3ncc21. The first-order valence-corrected chi connectivity index (χ1v) is 11.9. The second kappa shape index (κ2) is 8.84. The number of hydrogen-bond donors (Lipinski definition) is 1. The number of aromatic nitrogens is 4. The molecule has 1 saturated heterocycles. The summed E-state index contributed by atoms with van der Waals surface area (Å²) in [4.78, 5) is 57.8. The third kappa shape index (κ3) is 4.29. The predicted octanol–water partition coefficient (Wildman–Crippen LogP) is 1.74. The number of halogens is 2. The van der Waals surface area contributed by atoms with Crippen LogP contribution in [0, 0.1) is 0 Å². The molecule has 0 atom stereocenters. The number of pyridine rings is 2. The van der Waals surface area contributed by atoms with Crippen molar-refractivity contribution in [2.24, 2.45) is 14.1 Å². The Hall–Kier alpha value is -3.99. The largest absolute Gasteiger partial charge is 0.348 e. The van der Waals surface area contributed by atoms with Crippen molar-refractivity contribution in [2.75, 3.05) is 13.1 Å². The number of aryl methyl sites for hydroxylation is 2. The molecule has 192 valence electrons. The summed E-state index contributed by atoms with van der Waals surface area (Å²) in [5.74, 6) is -1.12. The van der Waals surface area contributed by atoms with Crippen LogP contribution in [0.25, 0.3) is 22.1 Å². The number of likely N-dealkylation sites (tertiary alicyclic amines) is 1. The molecule has 3 aromatic heterocycles. The van der Waals surface area contributed by atoms with E-state index in [2.05, 4.69) is 10.3 Å². The summed E-state index contributed by atoms with van der Waals surface area (Å²) in [7, 11) is 3.17. The van der Waals surface area contributed by atoms with Crippen LogP contribution >= 0.6 is 11.6 Å². The highest BCUT2D eigenvalue weighted by molar-refractivity contribution is 6.30. The van der Waals surface area contributed by atoms with Crippen LogP contribution in [-0.4, -0.2) is 54.2 Å². The number of benzene rings is 1. The van der Waals surface area contributed by atoms with Gasteiger partial charge < -0.3 is 10.2 Å². The van der Waals surface area contributed by atoms with E-state index in [-0.39, 0.29) is 36.5 Å². The van der Waals surface area contributed by atoms with E-state index in [1.807, 2.05) is 0 Å². The highest BCUT2D eigenvalue weighted by Crippen LogP contribution is 2.26. The minimum Gasteiger partial charge on any atom is -0.348 e. The number of nitrogens with zero attached hydrogens (tertiary/aromatic N) is 5. The summed E-state index contributed by atoms with van der Waals surface area (Å²) in [5, 5.41) is 3.64. The molecule has 1 aromatic carbocycles. The Bertz CT molecular complexity index is 1700. The fraction of sp³-hybridized carbons (Fsp3) is 0.320. The van der Waals surface area contributed by atoms with Crippen LogP contribution in [0.4, 0.5) is 4.39 Å². The molecule has 1 fully saturated rings. The Balaban J connectivity index is 1.61. The van der Waals surface area contributed by atoms with Crippen LogP contribution in [0.3, 0.4) is 0 Å². The molecule has 37 heavy (non-hydrogen) atoms. The molecular formula is C25H24ClFN6O4. The first-order chi connectivity index (χ1) is 17.5. The molecule has 4 heterocycles. The van der Waals surface area contributed by atoms with Crippen molar-refractivity contribution >= 4 is 45.5 Å². The van der Waals surface area contributed by atoms with Crippen molar-refractivity contribution in [3.63, 3.8) is 0 Å². The molecule has 1 N–H and O–H groups in total. The number of rotatable bonds is 5. The van der Waals surface area contributed by atoms with Crippen LogP contribution in [0.15, 0.2) is 46.1 Å². The molecular weight excluding hydrogens is 503 g/mol. The molecule has 0 unspecified atom stereocenters. The molecule has 0 bridgehead atoms. The van der Waals surface area contributed by atoms with E-state index in [0.717, 1.165) is 10.1 Å². The molecule has 0 saturated carbocycles. The predicted molar refractivity (Wildman–Crippen MR) is 136 cm³/mol. The maximum Gasteiger partial charge on any atom is 0.328 e. The molecule has 0 radical (unpaired) electrons. The van der Waals surface area contributed by atoms with Crippen LogP contribution in [0.2, 0.25) is 5.02 Å². The van der Waals surface area contributed by atoms with Crippen LogP contribution in [0.1, 0.15) is 22.8 Å². The van der Waals surface area contributed by atoms with E-state index in [1.54, 1.807) is 38.4 Å². The van der Waals surface area contributed by atoms with Gasteiger partial charge in [-0.3, -0.25) is 28.1 Å². The van der Waals surface area contributed by atoms with Gasteiger partial charge in [0, 0.05) is 31.0 Å². The average molecular weight is 527 g/mol. The second-order valence-electron chi connectivity index (χ2n) is 9.55. The maximum atomic E-state index is 14.0. The summed E-state index contributed by atoms with van der Waals surface area (Å²) in [6.07, 6.45) is 1.45. The lowest BCUT2D eigenvalue weighted by Crippen LogP contribution is -2.60. The van der Waals surface area contributed by atoms with E-state index in [9.17, 15) is 23.6 Å². The Morgan fingerprint density at radius 2 is 1.81 bits per heavy atom. The number of hydrogen-bond acceptors (Lipinski definition) is 5. The van der Waals surface area contributed by atoms with Crippen molar-refractivity contribution in [3.05, 3.63) is 73.5 Å². The first kappa shape index (κ1) is 24.7. The first-order valence-electron chi connectivity index (χ1n) is 11.5. The van der Waals surface area contributed by atoms with E-state index in [0.29, 0.717) is 21.4 Å². The molecule has 2 amide bonds. The fourth-order valence-electron chi connectivity index (χ4n) is 4.66. The van der Waals surface area contributed by atoms with Crippen molar-refractivity contribution < 1.29 is 14.0 Å². The molecule has 4 aromatic rings. The third-order valence-electron chi connectivity index (χ3n) is 6.64. The third-order valence-corrected chi connectivity index (χ3v) is 6.89. The van der Waals surface area contributed by atoms with Crippen molar-refractivity contribution in [2.45, 2.75) is 25.7 Å². The van der Waals surface area contributed by atoms with E-state index < -0.39 is 29.6 Å². The molecule has 10 nitrogen and oxygen atoms in total. The van der Waals surface area contributed by atoms with E-state index in [4.69, 9.17) is 11.6 Å². The van der Waals surface area contributed by atoms with Gasteiger partial charge in [-0.05, 0) is 30.7 Å². The second-order valence-corrected chi connectivity index (χ2v) is 9.99. The number of nitrogens with one attached hydrogen (secondary N) is 1. The minimum absolute atomic E-state index is 0.0787. The Labute approximate surface area is 214 Å². The summed E-state index contributed by atoms with van der Waals surface area (Å²) in [6.45, 7) is 0.956. The zero-order valence-corrected chi connectivity index (χ0v) is 21.2. The number of alkyl halides is 1. The molecule has 0 spiro atoms.